The van der Waals surface area contributed by atoms with Crippen molar-refractivity contribution in [3.05, 3.63) is 53.8 Å². The van der Waals surface area contributed by atoms with Crippen LogP contribution in [0.15, 0.2) is 48.1 Å². The fourth-order valence-corrected chi connectivity index (χ4v) is 4.47. The van der Waals surface area contributed by atoms with Crippen LogP contribution in [-0.4, -0.2) is 46.5 Å². The molecule has 2 N–H and O–H groups in total. The highest BCUT2D eigenvalue weighted by Gasteiger charge is 2.23. The fourth-order valence-electron chi connectivity index (χ4n) is 3.10. The van der Waals surface area contributed by atoms with Gasteiger partial charge < -0.3 is 14.3 Å². The van der Waals surface area contributed by atoms with Crippen LogP contribution in [0, 0.1) is 0 Å². The second kappa shape index (κ2) is 8.12. The number of hydrogen-bond acceptors (Lipinski definition) is 6. The van der Waals surface area contributed by atoms with Crippen LogP contribution >= 0.6 is 11.6 Å². The van der Waals surface area contributed by atoms with Gasteiger partial charge in [-0.25, -0.2) is 31.9 Å². The molecule has 13 heteroatoms. The topological polar surface area (TPSA) is 115 Å². The molecule has 0 spiro atoms. The van der Waals surface area contributed by atoms with Crippen LogP contribution in [-0.2, 0) is 16.4 Å². The van der Waals surface area contributed by atoms with Crippen LogP contribution in [0.2, 0.25) is 5.02 Å². The Morgan fingerprint density at radius 3 is 2.84 bits per heavy atom. The Kier molecular flexibility index (Phi) is 5.50. The smallest absolute Gasteiger partial charge is 0.266 e. The molecule has 4 rings (SSSR count). The molecule has 0 saturated carbocycles. The Bertz CT molecular complexity index is 1340. The summed E-state index contributed by atoms with van der Waals surface area (Å²) in [4.78, 5) is 14.6. The van der Waals surface area contributed by atoms with Gasteiger partial charge in [-0.05, 0) is 12.1 Å². The average molecular weight is 469 g/mol. The van der Waals surface area contributed by atoms with Crippen molar-refractivity contribution in [3.63, 3.8) is 0 Å². The van der Waals surface area contributed by atoms with E-state index in [1.54, 1.807) is 29.1 Å². The van der Waals surface area contributed by atoms with E-state index in [9.17, 15) is 17.2 Å². The number of anilines is 1. The number of hydrogen-bond donors (Lipinski definition) is 2. The number of sulfonamides is 1. The molecule has 3 heterocycles. The van der Waals surface area contributed by atoms with Gasteiger partial charge in [0, 0.05) is 42.2 Å². The minimum absolute atomic E-state index is 0.0622. The molecule has 0 bridgehead atoms. The molecule has 0 unspecified atom stereocenters. The molecular weight excluding hydrogens is 454 g/mol. The zero-order valence-corrected chi connectivity index (χ0v) is 17.5. The number of methoxy groups -OCH3 is 1. The van der Waals surface area contributed by atoms with Crippen LogP contribution in [0.1, 0.15) is 5.56 Å². The average Bonchev–Trinajstić information content (AvgIpc) is 3.38. The van der Waals surface area contributed by atoms with Gasteiger partial charge in [-0.15, -0.1) is 0 Å². The van der Waals surface area contributed by atoms with E-state index in [4.69, 9.17) is 16.3 Å². The SMILES string of the molecule is COc1nc(NS(=O)(=O)c2c[nH]c3c(-n4ccnc4)c(Cl)ccc23)ncc1CC(F)F. The number of aromatic nitrogens is 5. The van der Waals surface area contributed by atoms with Crippen LogP contribution in [0.25, 0.3) is 16.6 Å². The fraction of sp³-hybridized carbons (Fsp3) is 0.167. The zero-order valence-electron chi connectivity index (χ0n) is 15.9. The number of nitrogens with zero attached hydrogens (tertiary/aromatic N) is 4. The quantitative estimate of drug-likeness (QED) is 0.429. The largest absolute Gasteiger partial charge is 0.481 e. The van der Waals surface area contributed by atoms with Crippen molar-refractivity contribution >= 4 is 38.5 Å². The Labute approximate surface area is 180 Å². The van der Waals surface area contributed by atoms with Gasteiger partial charge in [0.05, 0.1) is 29.7 Å². The Morgan fingerprint density at radius 2 is 2.16 bits per heavy atom. The first-order chi connectivity index (χ1) is 14.8. The van der Waals surface area contributed by atoms with Crippen molar-refractivity contribution in [1.82, 2.24) is 24.5 Å². The minimum Gasteiger partial charge on any atom is -0.481 e. The standard InChI is InChI=1S/C18H15ClF2N6O3S/c1-30-17-10(6-14(20)21)7-24-18(25-17)26-31(28,29)13-8-23-15-11(13)2-3-12(19)16(15)27-5-4-22-9-27/h2-5,7-9,14,23H,6H2,1H3,(H,24,25,26). The second-order valence-corrected chi connectivity index (χ2v) is 8.43. The van der Waals surface area contributed by atoms with Crippen molar-refractivity contribution < 1.29 is 21.9 Å². The van der Waals surface area contributed by atoms with Gasteiger partial charge in [0.1, 0.15) is 4.90 Å². The molecule has 0 saturated heterocycles. The summed E-state index contributed by atoms with van der Waals surface area (Å²) < 4.78 is 60.2. The highest BCUT2D eigenvalue weighted by atomic mass is 35.5. The number of halogens is 3. The van der Waals surface area contributed by atoms with Crippen LogP contribution < -0.4 is 9.46 Å². The number of alkyl halides is 2. The first-order valence-electron chi connectivity index (χ1n) is 8.79. The summed E-state index contributed by atoms with van der Waals surface area (Å²) in [6, 6.07) is 3.14. The first kappa shape index (κ1) is 21.0. The molecule has 31 heavy (non-hydrogen) atoms. The lowest BCUT2D eigenvalue weighted by Gasteiger charge is -2.10. The molecule has 1 aromatic carbocycles. The van der Waals surface area contributed by atoms with Gasteiger partial charge in [0.25, 0.3) is 10.0 Å². The minimum atomic E-state index is -4.13. The number of rotatable bonds is 7. The third kappa shape index (κ3) is 4.03. The molecule has 0 aliphatic carbocycles. The number of H-pyrrole nitrogens is 1. The van der Waals surface area contributed by atoms with E-state index in [-0.39, 0.29) is 22.3 Å². The van der Waals surface area contributed by atoms with Crippen molar-refractivity contribution in [2.24, 2.45) is 0 Å². The van der Waals surface area contributed by atoms with Gasteiger partial charge >= 0.3 is 0 Å². The number of aromatic amines is 1. The number of fused-ring (bicyclic) bond motifs is 1. The normalized spacial score (nSPS) is 11.9. The van der Waals surface area contributed by atoms with E-state index in [2.05, 4.69) is 24.7 Å². The van der Waals surface area contributed by atoms with E-state index in [0.29, 0.717) is 21.6 Å². The maximum Gasteiger partial charge on any atom is 0.266 e. The maximum atomic E-state index is 13.0. The van der Waals surface area contributed by atoms with E-state index in [1.807, 2.05) is 0 Å². The third-order valence-electron chi connectivity index (χ3n) is 4.41. The summed E-state index contributed by atoms with van der Waals surface area (Å²) in [6.07, 6.45) is 3.96. The summed E-state index contributed by atoms with van der Waals surface area (Å²) in [5, 5.41) is 0.772. The summed E-state index contributed by atoms with van der Waals surface area (Å²) in [6.45, 7) is 0. The molecule has 0 fully saturated rings. The molecule has 4 aromatic rings. The van der Waals surface area contributed by atoms with Crippen LogP contribution in [0.5, 0.6) is 5.88 Å². The number of ether oxygens (including phenoxy) is 1. The highest BCUT2D eigenvalue weighted by Crippen LogP contribution is 2.33. The summed E-state index contributed by atoms with van der Waals surface area (Å²) in [7, 11) is -2.89. The molecule has 9 nitrogen and oxygen atoms in total. The lowest BCUT2D eigenvalue weighted by Crippen LogP contribution is -2.15. The van der Waals surface area contributed by atoms with Gasteiger partial charge in [-0.2, -0.15) is 4.98 Å². The molecule has 0 aliphatic rings. The van der Waals surface area contributed by atoms with Gasteiger partial charge in [-0.3, -0.25) is 0 Å². The number of benzene rings is 1. The van der Waals surface area contributed by atoms with E-state index in [0.717, 1.165) is 6.20 Å². The van der Waals surface area contributed by atoms with Crippen LogP contribution in [0.3, 0.4) is 0 Å². The summed E-state index contributed by atoms with van der Waals surface area (Å²) >= 11 is 6.31. The molecule has 0 amide bonds. The number of imidazole rings is 1. The predicted molar refractivity (Wildman–Crippen MR) is 110 cm³/mol. The second-order valence-electron chi connectivity index (χ2n) is 6.37. The van der Waals surface area contributed by atoms with Gasteiger partial charge in [-0.1, -0.05) is 11.6 Å². The highest BCUT2D eigenvalue weighted by molar-refractivity contribution is 7.93. The van der Waals surface area contributed by atoms with E-state index < -0.39 is 22.9 Å². The van der Waals surface area contributed by atoms with E-state index >= 15 is 0 Å². The van der Waals surface area contributed by atoms with Crippen molar-refractivity contribution in [1.29, 1.82) is 0 Å². The Morgan fingerprint density at radius 1 is 1.35 bits per heavy atom. The molecule has 0 radical (unpaired) electrons. The number of nitrogens with one attached hydrogen (secondary N) is 2. The molecule has 3 aromatic heterocycles. The lowest BCUT2D eigenvalue weighted by molar-refractivity contribution is 0.147. The monoisotopic (exact) mass is 468 g/mol. The zero-order chi connectivity index (χ0) is 22.2. The third-order valence-corrected chi connectivity index (χ3v) is 6.08. The summed E-state index contributed by atoms with van der Waals surface area (Å²) in [5.41, 5.74) is 1.08. The molecule has 0 atom stereocenters. The van der Waals surface area contributed by atoms with Crippen molar-refractivity contribution in [2.75, 3.05) is 11.8 Å². The molecule has 162 valence electrons. The Balaban J connectivity index is 1.72. The lowest BCUT2D eigenvalue weighted by atomic mass is 10.2. The Hall–Kier alpha value is -3.25. The molecular formula is C18H15ClF2N6O3S. The molecule has 0 aliphatic heterocycles. The summed E-state index contributed by atoms with van der Waals surface area (Å²) in [5.74, 6) is -0.450. The maximum absolute atomic E-state index is 13.0. The predicted octanol–water partition coefficient (Wildman–Crippen LogP) is 3.41. The van der Waals surface area contributed by atoms with Gasteiger partial charge in [0.15, 0.2) is 0 Å². The van der Waals surface area contributed by atoms with E-state index in [1.165, 1.54) is 19.6 Å². The van der Waals surface area contributed by atoms with Crippen molar-refractivity contribution in [3.8, 4) is 11.6 Å². The van der Waals surface area contributed by atoms with Gasteiger partial charge in [0.2, 0.25) is 18.3 Å². The van der Waals surface area contributed by atoms with Crippen LogP contribution in [0.4, 0.5) is 14.7 Å². The van der Waals surface area contributed by atoms with Crippen molar-refractivity contribution in [2.45, 2.75) is 17.7 Å². The first-order valence-corrected chi connectivity index (χ1v) is 10.6.